The smallest absolute Gasteiger partial charge is 0.251 e. The van der Waals surface area contributed by atoms with Crippen molar-refractivity contribution in [2.24, 2.45) is 11.7 Å². The maximum absolute atomic E-state index is 14.4. The van der Waals surface area contributed by atoms with Gasteiger partial charge in [0.1, 0.15) is 5.82 Å². The number of hydrogen-bond donors (Lipinski definition) is 2. The molecule has 1 unspecified atom stereocenters. The summed E-state index contributed by atoms with van der Waals surface area (Å²) in [5, 5.41) is 10.9. The number of benzene rings is 1. The summed E-state index contributed by atoms with van der Waals surface area (Å²) in [6.07, 6.45) is -0.424. The summed E-state index contributed by atoms with van der Waals surface area (Å²) in [5.41, 5.74) is 6.94. The fourth-order valence-electron chi connectivity index (χ4n) is 4.06. The minimum Gasteiger partial charge on any atom is -0.391 e. The molecule has 1 fully saturated rings. The van der Waals surface area contributed by atoms with Gasteiger partial charge in [-0.3, -0.25) is 9.69 Å². The Labute approximate surface area is 133 Å². The Kier molecular flexibility index (Phi) is 3.48. The molecule has 122 valence electrons. The van der Waals surface area contributed by atoms with Crippen LogP contribution in [-0.4, -0.2) is 46.9 Å². The second kappa shape index (κ2) is 5.40. The monoisotopic (exact) mass is 317 g/mol. The second-order valence-electron chi connectivity index (χ2n) is 6.66. The highest BCUT2D eigenvalue weighted by Gasteiger charge is 2.35. The van der Waals surface area contributed by atoms with Crippen molar-refractivity contribution < 1.29 is 9.50 Å². The first kappa shape index (κ1) is 14.8. The van der Waals surface area contributed by atoms with Gasteiger partial charge in [0, 0.05) is 49.6 Å². The molecule has 0 bridgehead atoms. The summed E-state index contributed by atoms with van der Waals surface area (Å²) >= 11 is 0. The highest BCUT2D eigenvalue weighted by Crippen LogP contribution is 2.35. The third-order valence-corrected chi connectivity index (χ3v) is 5.21. The van der Waals surface area contributed by atoms with Crippen molar-refractivity contribution in [1.82, 2.24) is 9.47 Å². The van der Waals surface area contributed by atoms with Crippen LogP contribution in [0.5, 0.6) is 0 Å². The van der Waals surface area contributed by atoms with Gasteiger partial charge in [-0.15, -0.1) is 0 Å². The number of nitrogens with two attached hydrogens (primary N) is 1. The zero-order chi connectivity index (χ0) is 16.1. The molecule has 1 aromatic carbocycles. The number of β-amino-alcohol motifs (C(OH)–C–C–N with tert-alkyl or cyclic N) is 1. The zero-order valence-electron chi connectivity index (χ0n) is 12.8. The van der Waals surface area contributed by atoms with Crippen LogP contribution < -0.4 is 11.3 Å². The summed E-state index contributed by atoms with van der Waals surface area (Å²) < 4.78 is 16.1. The lowest BCUT2D eigenvalue weighted by Crippen LogP contribution is -2.29. The summed E-state index contributed by atoms with van der Waals surface area (Å²) in [6, 6.07) is 6.49. The van der Waals surface area contributed by atoms with Gasteiger partial charge < -0.3 is 15.4 Å². The van der Waals surface area contributed by atoms with Crippen LogP contribution >= 0.6 is 0 Å². The number of pyridine rings is 1. The molecule has 2 aromatic rings. The van der Waals surface area contributed by atoms with Crippen LogP contribution in [0.25, 0.3) is 10.9 Å². The van der Waals surface area contributed by atoms with Gasteiger partial charge in [0.2, 0.25) is 0 Å². The zero-order valence-corrected chi connectivity index (χ0v) is 12.8. The third-order valence-electron chi connectivity index (χ3n) is 5.21. The second-order valence-corrected chi connectivity index (χ2v) is 6.66. The summed E-state index contributed by atoms with van der Waals surface area (Å²) in [5.74, 6) is -0.255. The molecule has 6 heteroatoms. The molecule has 0 amide bonds. The van der Waals surface area contributed by atoms with E-state index in [2.05, 4.69) is 4.90 Å². The molecule has 4 rings (SSSR count). The molecular weight excluding hydrogens is 297 g/mol. The number of hydrogen-bond acceptors (Lipinski definition) is 4. The Morgan fingerprint density at radius 3 is 2.74 bits per heavy atom. The van der Waals surface area contributed by atoms with E-state index in [9.17, 15) is 14.3 Å². The molecule has 23 heavy (non-hydrogen) atoms. The molecule has 3 heterocycles. The van der Waals surface area contributed by atoms with Gasteiger partial charge in [-0.1, -0.05) is 0 Å². The average molecular weight is 317 g/mol. The topological polar surface area (TPSA) is 71.5 Å². The van der Waals surface area contributed by atoms with Crippen molar-refractivity contribution in [3.63, 3.8) is 0 Å². The number of halogens is 1. The highest BCUT2D eigenvalue weighted by atomic mass is 19.1. The molecule has 2 aliphatic rings. The van der Waals surface area contributed by atoms with Crippen LogP contribution in [0.2, 0.25) is 0 Å². The molecule has 0 saturated carbocycles. The van der Waals surface area contributed by atoms with Crippen LogP contribution in [0, 0.1) is 11.7 Å². The van der Waals surface area contributed by atoms with E-state index in [0.717, 1.165) is 17.4 Å². The van der Waals surface area contributed by atoms with Gasteiger partial charge in [0.15, 0.2) is 0 Å². The number of aliphatic hydroxyl groups excluding tert-OH is 1. The Hall–Kier alpha value is -1.76. The van der Waals surface area contributed by atoms with E-state index in [1.165, 1.54) is 12.1 Å². The molecular formula is C17H20FN3O2. The van der Waals surface area contributed by atoms with E-state index in [1.807, 2.05) is 0 Å². The van der Waals surface area contributed by atoms with Gasteiger partial charge in [0.25, 0.3) is 5.56 Å². The van der Waals surface area contributed by atoms with Gasteiger partial charge in [-0.05, 0) is 30.1 Å². The van der Waals surface area contributed by atoms with Crippen molar-refractivity contribution in [1.29, 1.82) is 0 Å². The molecule has 1 saturated heterocycles. The molecule has 3 N–H and O–H groups in total. The fraction of sp³-hybridized carbons (Fsp3) is 0.471. The Balaban J connectivity index is 1.68. The number of nitrogens with zero attached hydrogens (tertiary/aromatic N) is 2. The predicted octanol–water partition coefficient (Wildman–Crippen LogP) is 0.489. The van der Waals surface area contributed by atoms with E-state index in [-0.39, 0.29) is 23.2 Å². The Morgan fingerprint density at radius 1 is 1.22 bits per heavy atom. The first-order valence-corrected chi connectivity index (χ1v) is 8.01. The van der Waals surface area contributed by atoms with E-state index in [1.54, 1.807) is 16.7 Å². The lowest BCUT2D eigenvalue weighted by Gasteiger charge is -2.20. The van der Waals surface area contributed by atoms with Crippen LogP contribution in [0.1, 0.15) is 11.5 Å². The van der Waals surface area contributed by atoms with Crippen molar-refractivity contribution in [2.75, 3.05) is 26.2 Å². The number of aromatic nitrogens is 1. The van der Waals surface area contributed by atoms with Crippen LogP contribution in [0.4, 0.5) is 4.39 Å². The van der Waals surface area contributed by atoms with Crippen LogP contribution in [0.3, 0.4) is 0 Å². The summed E-state index contributed by atoms with van der Waals surface area (Å²) in [7, 11) is 0. The van der Waals surface area contributed by atoms with E-state index < -0.39 is 6.10 Å². The molecule has 0 spiro atoms. The van der Waals surface area contributed by atoms with Crippen molar-refractivity contribution in [3.05, 3.63) is 46.0 Å². The van der Waals surface area contributed by atoms with Gasteiger partial charge in [-0.25, -0.2) is 4.39 Å². The van der Waals surface area contributed by atoms with E-state index >= 15 is 0 Å². The summed E-state index contributed by atoms with van der Waals surface area (Å²) in [6.45, 7) is 2.85. The van der Waals surface area contributed by atoms with E-state index in [0.29, 0.717) is 31.7 Å². The third kappa shape index (κ3) is 2.29. The molecule has 1 aromatic heterocycles. The van der Waals surface area contributed by atoms with E-state index in [4.69, 9.17) is 5.73 Å². The normalized spacial score (nSPS) is 27.2. The largest absolute Gasteiger partial charge is 0.391 e. The first-order chi connectivity index (χ1) is 11.1. The Morgan fingerprint density at radius 2 is 2.00 bits per heavy atom. The maximum atomic E-state index is 14.4. The van der Waals surface area contributed by atoms with Crippen molar-refractivity contribution >= 4 is 10.9 Å². The minimum atomic E-state index is -0.424. The SMILES string of the molecule is NC[C@H]1CN(CC2Cn3c(=O)ccc4ccc(F)c2c43)C[C@H]1O. The summed E-state index contributed by atoms with van der Waals surface area (Å²) in [4.78, 5) is 14.2. The fourth-order valence-corrected chi connectivity index (χ4v) is 4.06. The standard InChI is InChI=1S/C17H20FN3O2/c18-13-3-1-10-2-4-15(23)21-8-12(16(13)17(10)21)7-20-6-11(5-19)14(22)9-20/h1-4,11-12,14,22H,5-9,19H2/t11-,12?,14+/m0/s1. The highest BCUT2D eigenvalue weighted by molar-refractivity contribution is 5.84. The predicted molar refractivity (Wildman–Crippen MR) is 85.9 cm³/mol. The van der Waals surface area contributed by atoms with Gasteiger partial charge in [0.05, 0.1) is 11.6 Å². The minimum absolute atomic E-state index is 0.0714. The number of rotatable bonds is 3. The molecule has 5 nitrogen and oxygen atoms in total. The maximum Gasteiger partial charge on any atom is 0.251 e. The van der Waals surface area contributed by atoms with Gasteiger partial charge in [-0.2, -0.15) is 0 Å². The molecule has 2 aliphatic heterocycles. The lowest BCUT2D eigenvalue weighted by atomic mass is 9.98. The quantitative estimate of drug-likeness (QED) is 0.864. The van der Waals surface area contributed by atoms with Crippen LogP contribution in [-0.2, 0) is 6.54 Å². The number of aliphatic hydroxyl groups is 1. The molecule has 0 radical (unpaired) electrons. The Bertz CT molecular complexity index is 819. The molecule has 0 aliphatic carbocycles. The van der Waals surface area contributed by atoms with Crippen molar-refractivity contribution in [3.8, 4) is 0 Å². The van der Waals surface area contributed by atoms with Crippen molar-refractivity contribution in [2.45, 2.75) is 18.6 Å². The average Bonchev–Trinajstić information content (AvgIpc) is 3.08. The number of likely N-dealkylation sites (tertiary alicyclic amines) is 1. The van der Waals surface area contributed by atoms with Crippen LogP contribution in [0.15, 0.2) is 29.1 Å². The van der Waals surface area contributed by atoms with Gasteiger partial charge >= 0.3 is 0 Å². The first-order valence-electron chi connectivity index (χ1n) is 8.01. The lowest BCUT2D eigenvalue weighted by molar-refractivity contribution is 0.143. The molecule has 3 atom stereocenters.